The molecule has 0 atom stereocenters. The lowest BCUT2D eigenvalue weighted by molar-refractivity contribution is -0.122. The average Bonchev–Trinajstić information content (AvgIpc) is 2.87. The molecule has 2 amide bonds. The highest BCUT2D eigenvalue weighted by atomic mass is 79.9. The molecule has 38 heavy (non-hydrogen) atoms. The van der Waals surface area contributed by atoms with Crippen molar-refractivity contribution in [2.45, 2.75) is 20.5 Å². The first-order valence-electron chi connectivity index (χ1n) is 11.6. The van der Waals surface area contributed by atoms with Gasteiger partial charge in [0.25, 0.3) is 11.8 Å². The third-order valence-corrected chi connectivity index (χ3v) is 6.47. The highest BCUT2D eigenvalue weighted by Crippen LogP contribution is 2.38. The highest BCUT2D eigenvalue weighted by molar-refractivity contribution is 9.10. The first-order valence-corrected chi connectivity index (χ1v) is 12.8. The van der Waals surface area contributed by atoms with E-state index in [4.69, 9.17) is 21.7 Å². The van der Waals surface area contributed by atoms with E-state index in [1.165, 1.54) is 30.3 Å². The number of nitrogens with zero attached hydrogens (tertiary/aromatic N) is 1. The number of hydrogen-bond donors (Lipinski definition) is 2. The summed E-state index contributed by atoms with van der Waals surface area (Å²) >= 11 is 8.74. The minimum Gasteiger partial charge on any atom is -0.490 e. The van der Waals surface area contributed by atoms with Gasteiger partial charge in [-0.2, -0.15) is 0 Å². The molecule has 1 aliphatic rings. The number of carboxylic acids is 1. The molecule has 0 saturated carbocycles. The van der Waals surface area contributed by atoms with Crippen LogP contribution in [0, 0.1) is 6.92 Å². The Kier molecular flexibility index (Phi) is 8.23. The maximum Gasteiger partial charge on any atom is 0.335 e. The smallest absolute Gasteiger partial charge is 0.335 e. The van der Waals surface area contributed by atoms with Gasteiger partial charge in [0, 0.05) is 0 Å². The lowest BCUT2D eigenvalue weighted by Crippen LogP contribution is -2.54. The van der Waals surface area contributed by atoms with Gasteiger partial charge in [-0.25, -0.2) is 4.79 Å². The molecule has 1 aliphatic heterocycles. The third kappa shape index (κ3) is 5.92. The number of aromatic carboxylic acids is 1. The predicted octanol–water partition coefficient (Wildman–Crippen LogP) is 5.26. The Morgan fingerprint density at radius 3 is 2.53 bits per heavy atom. The molecule has 8 nitrogen and oxygen atoms in total. The number of rotatable bonds is 8. The van der Waals surface area contributed by atoms with Crippen molar-refractivity contribution in [3.05, 3.63) is 93.0 Å². The molecule has 2 N–H and O–H groups in total. The zero-order chi connectivity index (χ0) is 27.4. The molecule has 0 unspecified atom stereocenters. The largest absolute Gasteiger partial charge is 0.490 e. The third-order valence-electron chi connectivity index (χ3n) is 5.60. The Hall–Kier alpha value is -4.02. The summed E-state index contributed by atoms with van der Waals surface area (Å²) in [5.41, 5.74) is 2.67. The second kappa shape index (κ2) is 11.6. The van der Waals surface area contributed by atoms with Crippen molar-refractivity contribution in [3.63, 3.8) is 0 Å². The quantitative estimate of drug-likeness (QED) is 0.208. The lowest BCUT2D eigenvalue weighted by Gasteiger charge is -2.29. The summed E-state index contributed by atoms with van der Waals surface area (Å²) in [6.07, 6.45) is 1.42. The topological polar surface area (TPSA) is 105 Å². The maximum atomic E-state index is 13.4. The van der Waals surface area contributed by atoms with Gasteiger partial charge in [0.2, 0.25) is 0 Å². The van der Waals surface area contributed by atoms with Crippen molar-refractivity contribution in [3.8, 4) is 11.5 Å². The number of carbonyl (C=O) groups is 3. The molecule has 1 saturated heterocycles. The summed E-state index contributed by atoms with van der Waals surface area (Å²) in [5.74, 6) is -1.58. The fraction of sp³-hybridized carbons (Fsp3) is 0.143. The van der Waals surface area contributed by atoms with Gasteiger partial charge in [0.15, 0.2) is 16.6 Å². The molecule has 0 aromatic heterocycles. The van der Waals surface area contributed by atoms with E-state index in [0.29, 0.717) is 34.7 Å². The van der Waals surface area contributed by atoms with E-state index in [2.05, 4.69) is 21.2 Å². The van der Waals surface area contributed by atoms with Crippen molar-refractivity contribution in [2.24, 2.45) is 0 Å². The summed E-state index contributed by atoms with van der Waals surface area (Å²) in [6, 6.07) is 17.1. The van der Waals surface area contributed by atoms with Crippen molar-refractivity contribution in [1.82, 2.24) is 5.32 Å². The second-order valence-corrected chi connectivity index (χ2v) is 9.59. The Bertz CT molecular complexity index is 1470. The fourth-order valence-corrected chi connectivity index (χ4v) is 4.61. The lowest BCUT2D eigenvalue weighted by atomic mass is 10.1. The summed E-state index contributed by atoms with van der Waals surface area (Å²) in [4.78, 5) is 38.6. The van der Waals surface area contributed by atoms with Crippen LogP contribution >= 0.6 is 28.1 Å². The zero-order valence-corrected chi connectivity index (χ0v) is 22.9. The van der Waals surface area contributed by atoms with Crippen molar-refractivity contribution < 1.29 is 29.0 Å². The van der Waals surface area contributed by atoms with E-state index in [0.717, 1.165) is 16.0 Å². The van der Waals surface area contributed by atoms with Gasteiger partial charge in [-0.3, -0.25) is 19.8 Å². The molecular formula is C28H23BrN2O6S. The Morgan fingerprint density at radius 2 is 1.84 bits per heavy atom. The number of carbonyl (C=O) groups excluding carboxylic acids is 2. The predicted molar refractivity (Wildman–Crippen MR) is 150 cm³/mol. The van der Waals surface area contributed by atoms with Crippen LogP contribution < -0.4 is 19.7 Å². The summed E-state index contributed by atoms with van der Waals surface area (Å²) in [7, 11) is 0. The van der Waals surface area contributed by atoms with Crippen LogP contribution in [0.4, 0.5) is 5.69 Å². The number of hydrogen-bond acceptors (Lipinski definition) is 6. The minimum absolute atomic E-state index is 0.0213. The number of nitrogens with one attached hydrogen (secondary N) is 1. The van der Waals surface area contributed by atoms with Crippen molar-refractivity contribution >= 4 is 62.8 Å². The Balaban J connectivity index is 1.66. The standard InChI is InChI=1S/C28H23BrN2O6S/c1-3-36-23-13-18(12-22(29)24(23)37-15-17-9-7-16(2)8-10-17)11-21-25(32)30-28(38)31(26(21)33)20-6-4-5-19(14-20)27(34)35/h4-14H,3,15H2,1-2H3,(H,34,35)(H,30,32,38). The van der Waals surface area contributed by atoms with E-state index < -0.39 is 17.8 Å². The number of amides is 2. The number of carboxylic acid groups (broad SMARTS) is 1. The molecule has 0 spiro atoms. The molecular weight excluding hydrogens is 572 g/mol. The number of benzene rings is 3. The van der Waals surface area contributed by atoms with Crippen LogP contribution in [0.1, 0.15) is 34.0 Å². The van der Waals surface area contributed by atoms with Crippen LogP contribution in [0.2, 0.25) is 0 Å². The SMILES string of the molecule is CCOc1cc(C=C2C(=O)NC(=S)N(c3cccc(C(=O)O)c3)C2=O)cc(Br)c1OCc1ccc(C)cc1. The van der Waals surface area contributed by atoms with Gasteiger partial charge in [-0.1, -0.05) is 35.9 Å². The molecule has 1 fully saturated rings. The normalized spacial score (nSPS) is 14.4. The van der Waals surface area contributed by atoms with Gasteiger partial charge < -0.3 is 14.6 Å². The molecule has 0 bridgehead atoms. The van der Waals surface area contributed by atoms with Crippen LogP contribution in [-0.2, 0) is 16.2 Å². The molecule has 3 aromatic carbocycles. The van der Waals surface area contributed by atoms with Gasteiger partial charge in [0.05, 0.1) is 22.3 Å². The molecule has 0 aliphatic carbocycles. The fourth-order valence-electron chi connectivity index (χ4n) is 3.75. The molecule has 194 valence electrons. The second-order valence-electron chi connectivity index (χ2n) is 8.35. The monoisotopic (exact) mass is 594 g/mol. The van der Waals surface area contributed by atoms with Gasteiger partial charge in [-0.15, -0.1) is 0 Å². The van der Waals surface area contributed by atoms with E-state index in [1.54, 1.807) is 12.1 Å². The van der Waals surface area contributed by atoms with Crippen LogP contribution in [0.5, 0.6) is 11.5 Å². The number of halogens is 1. The summed E-state index contributed by atoms with van der Waals surface area (Å²) in [5, 5.41) is 11.7. The van der Waals surface area contributed by atoms with Gasteiger partial charge in [0.1, 0.15) is 12.2 Å². The molecule has 3 aromatic rings. The summed E-state index contributed by atoms with van der Waals surface area (Å²) in [6.45, 7) is 4.54. The molecule has 10 heteroatoms. The van der Waals surface area contributed by atoms with E-state index in [9.17, 15) is 19.5 Å². The zero-order valence-electron chi connectivity index (χ0n) is 20.5. The first-order chi connectivity index (χ1) is 18.2. The van der Waals surface area contributed by atoms with Crippen LogP contribution in [0.3, 0.4) is 0 Å². The van der Waals surface area contributed by atoms with Crippen LogP contribution in [-0.4, -0.2) is 34.6 Å². The van der Waals surface area contributed by atoms with Crippen LogP contribution in [0.15, 0.2) is 70.7 Å². The highest BCUT2D eigenvalue weighted by Gasteiger charge is 2.35. The van der Waals surface area contributed by atoms with E-state index >= 15 is 0 Å². The Labute approximate surface area is 233 Å². The van der Waals surface area contributed by atoms with E-state index in [-0.39, 0.29) is 21.9 Å². The van der Waals surface area contributed by atoms with Crippen LogP contribution in [0.25, 0.3) is 6.08 Å². The maximum absolute atomic E-state index is 13.4. The van der Waals surface area contributed by atoms with Crippen molar-refractivity contribution in [2.75, 3.05) is 11.5 Å². The Morgan fingerprint density at radius 1 is 1.11 bits per heavy atom. The van der Waals surface area contributed by atoms with Crippen molar-refractivity contribution in [1.29, 1.82) is 0 Å². The first kappa shape index (κ1) is 27.0. The molecule has 1 heterocycles. The molecule has 4 rings (SSSR count). The number of anilines is 1. The number of aryl methyl sites for hydroxylation is 1. The number of thiocarbonyl (C=S) groups is 1. The average molecular weight is 595 g/mol. The molecule has 0 radical (unpaired) electrons. The summed E-state index contributed by atoms with van der Waals surface area (Å²) < 4.78 is 12.4. The van der Waals surface area contributed by atoms with Gasteiger partial charge >= 0.3 is 5.97 Å². The van der Waals surface area contributed by atoms with E-state index in [1.807, 2.05) is 38.1 Å². The minimum atomic E-state index is -1.15. The number of ether oxygens (including phenoxy) is 2. The van der Waals surface area contributed by atoms with Gasteiger partial charge in [-0.05, 0) is 89.5 Å².